The lowest BCUT2D eigenvalue weighted by molar-refractivity contribution is 0.0950. The number of carbonyl (C=O) groups is 1. The van der Waals surface area contributed by atoms with Gasteiger partial charge in [0.05, 0.1) is 25.8 Å². The minimum atomic E-state index is -0.292. The Morgan fingerprint density at radius 1 is 1.06 bits per heavy atom. The number of aromatic nitrogens is 1. The number of nitrogens with zero attached hydrogens (tertiary/aromatic N) is 1. The van der Waals surface area contributed by atoms with Crippen LogP contribution in [0.1, 0.15) is 22.8 Å². The Morgan fingerprint density at radius 3 is 2.55 bits per heavy atom. The van der Waals surface area contributed by atoms with Gasteiger partial charge >= 0.3 is 0 Å². The summed E-state index contributed by atoms with van der Waals surface area (Å²) in [5, 5.41) is 3.15. The molecule has 3 aromatic rings. The molecule has 0 radical (unpaired) electrons. The molecule has 1 heterocycles. The molecule has 1 amide bonds. The topological polar surface area (TPSA) is 78.9 Å². The van der Waals surface area contributed by atoms with Crippen LogP contribution in [0.3, 0.4) is 0 Å². The third-order valence-electron chi connectivity index (χ3n) is 4.29. The largest absolute Gasteiger partial charge is 0.497 e. The Balaban J connectivity index is 1.62. The maximum absolute atomic E-state index is 12.6. The van der Waals surface area contributed by atoms with E-state index in [1.165, 1.54) is 7.11 Å². The molecule has 1 aromatic heterocycles. The highest BCUT2D eigenvalue weighted by atomic mass is 35.5. The summed E-state index contributed by atoms with van der Waals surface area (Å²) in [4.78, 5) is 16.8. The van der Waals surface area contributed by atoms with Crippen LogP contribution in [0.5, 0.6) is 28.9 Å². The monoisotopic (exact) mass is 442 g/mol. The molecule has 0 aliphatic carbocycles. The molecule has 0 saturated carbocycles. The average molecular weight is 443 g/mol. The number of benzene rings is 2. The lowest BCUT2D eigenvalue weighted by Crippen LogP contribution is -2.23. The summed E-state index contributed by atoms with van der Waals surface area (Å²) in [6.07, 6.45) is 1.64. The minimum absolute atomic E-state index is 0.290. The van der Waals surface area contributed by atoms with Crippen molar-refractivity contribution < 1.29 is 23.7 Å². The molecule has 162 valence electrons. The van der Waals surface area contributed by atoms with E-state index in [0.717, 1.165) is 5.56 Å². The van der Waals surface area contributed by atoms with Gasteiger partial charge in [-0.1, -0.05) is 23.7 Å². The van der Waals surface area contributed by atoms with E-state index < -0.39 is 0 Å². The number of rotatable bonds is 9. The Bertz CT molecular complexity index is 1040. The fraction of sp³-hybridized carbons (Fsp3) is 0.217. The van der Waals surface area contributed by atoms with Crippen molar-refractivity contribution in [3.8, 4) is 28.9 Å². The Hall–Kier alpha value is -3.45. The number of carbonyl (C=O) groups excluding carboxylic acids is 1. The second-order valence-corrected chi connectivity index (χ2v) is 6.80. The van der Waals surface area contributed by atoms with Crippen LogP contribution in [0.2, 0.25) is 5.02 Å². The summed E-state index contributed by atoms with van der Waals surface area (Å²) < 4.78 is 21.7. The highest BCUT2D eigenvalue weighted by Crippen LogP contribution is 2.36. The fourth-order valence-electron chi connectivity index (χ4n) is 2.78. The van der Waals surface area contributed by atoms with Crippen molar-refractivity contribution in [3.63, 3.8) is 0 Å². The number of methoxy groups -OCH3 is 2. The van der Waals surface area contributed by atoms with Crippen LogP contribution in [0.25, 0.3) is 0 Å². The molecule has 0 bridgehead atoms. The number of ether oxygens (including phenoxy) is 4. The average Bonchev–Trinajstić information content (AvgIpc) is 2.79. The molecule has 8 heteroatoms. The lowest BCUT2D eigenvalue weighted by atomic mass is 10.1. The maximum atomic E-state index is 12.6. The zero-order valence-corrected chi connectivity index (χ0v) is 18.2. The molecular formula is C23H23ClN2O5. The Labute approximate surface area is 185 Å². The van der Waals surface area contributed by atoms with Gasteiger partial charge in [0.2, 0.25) is 5.88 Å². The molecule has 3 rings (SSSR count). The van der Waals surface area contributed by atoms with Gasteiger partial charge < -0.3 is 24.3 Å². The molecular weight excluding hydrogens is 420 g/mol. The van der Waals surface area contributed by atoms with Crippen molar-refractivity contribution in [1.82, 2.24) is 10.3 Å². The van der Waals surface area contributed by atoms with Crippen LogP contribution < -0.4 is 24.3 Å². The van der Waals surface area contributed by atoms with E-state index >= 15 is 0 Å². The highest BCUT2D eigenvalue weighted by molar-refractivity contribution is 6.32. The fourth-order valence-corrected chi connectivity index (χ4v) is 3.05. The minimum Gasteiger partial charge on any atom is -0.497 e. The lowest BCUT2D eigenvalue weighted by Gasteiger charge is -2.13. The highest BCUT2D eigenvalue weighted by Gasteiger charge is 2.15. The quantitative estimate of drug-likeness (QED) is 0.509. The van der Waals surface area contributed by atoms with Crippen LogP contribution in [0, 0.1) is 0 Å². The SMILES string of the molecule is CCOc1c(Cl)cc(C(=O)NCc2ccc(Oc3cccc(OC)c3)nc2)cc1OC. The van der Waals surface area contributed by atoms with E-state index in [1.54, 1.807) is 37.6 Å². The normalized spacial score (nSPS) is 10.3. The molecule has 0 unspecified atom stereocenters. The molecule has 2 aromatic carbocycles. The van der Waals surface area contributed by atoms with Gasteiger partial charge in [0.1, 0.15) is 11.5 Å². The van der Waals surface area contributed by atoms with Crippen LogP contribution >= 0.6 is 11.6 Å². The number of amides is 1. The van der Waals surface area contributed by atoms with E-state index in [4.69, 9.17) is 30.5 Å². The van der Waals surface area contributed by atoms with E-state index in [-0.39, 0.29) is 5.91 Å². The first-order valence-corrected chi connectivity index (χ1v) is 9.97. The van der Waals surface area contributed by atoms with Crippen molar-refractivity contribution in [1.29, 1.82) is 0 Å². The molecule has 0 aliphatic rings. The van der Waals surface area contributed by atoms with Gasteiger partial charge in [-0.25, -0.2) is 4.98 Å². The number of pyridine rings is 1. The van der Waals surface area contributed by atoms with Gasteiger partial charge in [0.25, 0.3) is 5.91 Å². The maximum Gasteiger partial charge on any atom is 0.251 e. The third-order valence-corrected chi connectivity index (χ3v) is 4.58. The molecule has 0 saturated heterocycles. The predicted octanol–water partition coefficient (Wildman–Crippen LogP) is 4.87. The first-order chi connectivity index (χ1) is 15.0. The molecule has 0 fully saturated rings. The van der Waals surface area contributed by atoms with Gasteiger partial charge in [0, 0.05) is 30.4 Å². The smallest absolute Gasteiger partial charge is 0.251 e. The summed E-state index contributed by atoms with van der Waals surface area (Å²) in [7, 11) is 3.09. The van der Waals surface area contributed by atoms with Gasteiger partial charge in [0.15, 0.2) is 11.5 Å². The van der Waals surface area contributed by atoms with Gasteiger partial charge in [-0.15, -0.1) is 0 Å². The van der Waals surface area contributed by atoms with Gasteiger partial charge in [-0.05, 0) is 36.8 Å². The van der Waals surface area contributed by atoms with E-state index in [1.807, 2.05) is 31.2 Å². The van der Waals surface area contributed by atoms with Gasteiger partial charge in [-0.3, -0.25) is 4.79 Å². The summed E-state index contributed by atoms with van der Waals surface area (Å²) in [6, 6.07) is 14.0. The number of hydrogen-bond donors (Lipinski definition) is 1. The first kappa shape index (κ1) is 22.2. The molecule has 0 aliphatic heterocycles. The van der Waals surface area contributed by atoms with Crippen molar-refractivity contribution >= 4 is 17.5 Å². The second kappa shape index (κ2) is 10.5. The van der Waals surface area contributed by atoms with Crippen molar-refractivity contribution in [3.05, 3.63) is 70.9 Å². The van der Waals surface area contributed by atoms with Crippen LogP contribution in [0.4, 0.5) is 0 Å². The van der Waals surface area contributed by atoms with Crippen molar-refractivity contribution in [2.45, 2.75) is 13.5 Å². The zero-order chi connectivity index (χ0) is 22.2. The number of nitrogens with one attached hydrogen (secondary N) is 1. The zero-order valence-electron chi connectivity index (χ0n) is 17.5. The molecule has 0 spiro atoms. The summed E-state index contributed by atoms with van der Waals surface area (Å²) >= 11 is 6.24. The van der Waals surface area contributed by atoms with Crippen molar-refractivity contribution in [2.75, 3.05) is 20.8 Å². The van der Waals surface area contributed by atoms with E-state index in [9.17, 15) is 4.79 Å². The molecule has 31 heavy (non-hydrogen) atoms. The Morgan fingerprint density at radius 2 is 1.87 bits per heavy atom. The predicted molar refractivity (Wildman–Crippen MR) is 118 cm³/mol. The third kappa shape index (κ3) is 5.79. The van der Waals surface area contributed by atoms with Crippen LogP contribution in [-0.4, -0.2) is 31.7 Å². The van der Waals surface area contributed by atoms with Crippen LogP contribution in [0.15, 0.2) is 54.7 Å². The molecule has 1 N–H and O–H groups in total. The van der Waals surface area contributed by atoms with Crippen molar-refractivity contribution in [2.24, 2.45) is 0 Å². The Kier molecular flexibility index (Phi) is 7.56. The second-order valence-electron chi connectivity index (χ2n) is 6.39. The van der Waals surface area contributed by atoms with E-state index in [2.05, 4.69) is 10.3 Å². The van der Waals surface area contributed by atoms with Crippen LogP contribution in [-0.2, 0) is 6.54 Å². The molecule has 7 nitrogen and oxygen atoms in total. The van der Waals surface area contributed by atoms with Gasteiger partial charge in [-0.2, -0.15) is 0 Å². The first-order valence-electron chi connectivity index (χ1n) is 9.59. The summed E-state index contributed by atoms with van der Waals surface area (Å²) in [6.45, 7) is 2.57. The molecule has 0 atom stereocenters. The summed E-state index contributed by atoms with van der Waals surface area (Å²) in [5.74, 6) is 2.28. The standard InChI is InChI=1S/C23H23ClN2O5/c1-4-30-22-19(24)10-16(11-20(22)29-3)23(27)26-14-15-8-9-21(25-13-15)31-18-7-5-6-17(12-18)28-2/h5-13H,4,14H2,1-3H3,(H,26,27). The number of halogens is 1. The number of hydrogen-bond acceptors (Lipinski definition) is 6. The summed E-state index contributed by atoms with van der Waals surface area (Å²) in [5.41, 5.74) is 1.19. The van der Waals surface area contributed by atoms with E-state index in [0.29, 0.717) is 52.6 Å².